The summed E-state index contributed by atoms with van der Waals surface area (Å²) in [5, 5.41) is 13.5. The van der Waals surface area contributed by atoms with Crippen molar-refractivity contribution in [3.8, 4) is 11.5 Å². The zero-order chi connectivity index (χ0) is 11.5. The van der Waals surface area contributed by atoms with Gasteiger partial charge in [-0.3, -0.25) is 0 Å². The van der Waals surface area contributed by atoms with Gasteiger partial charge in [0.15, 0.2) is 0 Å². The quantitative estimate of drug-likeness (QED) is 0.831. The SMILES string of the molecule is COc1cc(O)c(C2CNCCO2)cc1Cl. The van der Waals surface area contributed by atoms with E-state index in [1.165, 1.54) is 13.2 Å². The molecule has 0 aliphatic carbocycles. The summed E-state index contributed by atoms with van der Waals surface area (Å²) in [6.45, 7) is 2.14. The zero-order valence-electron chi connectivity index (χ0n) is 9.00. The monoisotopic (exact) mass is 243 g/mol. The number of methoxy groups -OCH3 is 1. The summed E-state index contributed by atoms with van der Waals surface area (Å²) in [4.78, 5) is 0. The Kier molecular flexibility index (Phi) is 3.53. The lowest BCUT2D eigenvalue weighted by atomic mass is 10.1. The number of hydrogen-bond donors (Lipinski definition) is 2. The van der Waals surface area contributed by atoms with Crippen molar-refractivity contribution in [3.05, 3.63) is 22.7 Å². The Morgan fingerprint density at radius 1 is 1.56 bits per heavy atom. The van der Waals surface area contributed by atoms with Gasteiger partial charge >= 0.3 is 0 Å². The molecule has 1 heterocycles. The second-order valence-corrected chi connectivity index (χ2v) is 4.02. The van der Waals surface area contributed by atoms with Crippen LogP contribution in [0.4, 0.5) is 0 Å². The third-order valence-electron chi connectivity index (χ3n) is 2.58. The van der Waals surface area contributed by atoms with E-state index in [9.17, 15) is 5.11 Å². The van der Waals surface area contributed by atoms with E-state index in [-0.39, 0.29) is 11.9 Å². The van der Waals surface area contributed by atoms with E-state index in [4.69, 9.17) is 21.1 Å². The number of phenols is 1. The van der Waals surface area contributed by atoms with Crippen molar-refractivity contribution in [2.24, 2.45) is 0 Å². The highest BCUT2D eigenvalue weighted by Gasteiger charge is 2.20. The Bertz CT molecular complexity index is 378. The molecule has 5 heteroatoms. The summed E-state index contributed by atoms with van der Waals surface area (Å²) >= 11 is 6.01. The number of benzene rings is 1. The highest BCUT2D eigenvalue weighted by atomic mass is 35.5. The number of rotatable bonds is 2. The molecule has 16 heavy (non-hydrogen) atoms. The van der Waals surface area contributed by atoms with E-state index < -0.39 is 0 Å². The van der Waals surface area contributed by atoms with Crippen LogP contribution in [0.1, 0.15) is 11.7 Å². The Morgan fingerprint density at radius 2 is 2.38 bits per heavy atom. The Labute approximate surface area is 99.1 Å². The molecule has 0 saturated carbocycles. The molecule has 4 nitrogen and oxygen atoms in total. The molecule has 1 aliphatic heterocycles. The van der Waals surface area contributed by atoms with Crippen LogP contribution in [-0.2, 0) is 4.74 Å². The third-order valence-corrected chi connectivity index (χ3v) is 2.87. The van der Waals surface area contributed by atoms with E-state index in [1.807, 2.05) is 0 Å². The largest absolute Gasteiger partial charge is 0.507 e. The molecule has 0 bridgehead atoms. The fourth-order valence-corrected chi connectivity index (χ4v) is 1.99. The lowest BCUT2D eigenvalue weighted by Crippen LogP contribution is -2.33. The first-order chi connectivity index (χ1) is 7.72. The molecule has 0 amide bonds. The maximum atomic E-state index is 9.85. The number of ether oxygens (including phenoxy) is 2. The minimum absolute atomic E-state index is 0.148. The maximum absolute atomic E-state index is 9.85. The van der Waals surface area contributed by atoms with Gasteiger partial charge in [0.05, 0.1) is 24.8 Å². The third kappa shape index (κ3) is 2.24. The minimum atomic E-state index is -0.155. The van der Waals surface area contributed by atoms with Crippen molar-refractivity contribution in [1.82, 2.24) is 5.32 Å². The normalized spacial score (nSPS) is 20.8. The van der Waals surface area contributed by atoms with E-state index in [0.29, 0.717) is 29.5 Å². The number of morpholine rings is 1. The molecule has 0 radical (unpaired) electrons. The molecule has 1 aromatic carbocycles. The predicted octanol–water partition coefficient (Wildman–Crippen LogP) is 1.72. The van der Waals surface area contributed by atoms with Crippen molar-refractivity contribution in [2.45, 2.75) is 6.10 Å². The molecular weight excluding hydrogens is 230 g/mol. The summed E-state index contributed by atoms with van der Waals surface area (Å²) in [6, 6.07) is 3.20. The second-order valence-electron chi connectivity index (χ2n) is 3.61. The number of nitrogens with one attached hydrogen (secondary N) is 1. The molecule has 0 aromatic heterocycles. The molecule has 1 fully saturated rings. The molecule has 1 aromatic rings. The van der Waals surface area contributed by atoms with Gasteiger partial charge < -0.3 is 19.9 Å². The number of halogens is 1. The topological polar surface area (TPSA) is 50.7 Å². The molecule has 1 aliphatic rings. The molecular formula is C11H14ClNO3. The van der Waals surface area contributed by atoms with Crippen molar-refractivity contribution in [3.63, 3.8) is 0 Å². The fourth-order valence-electron chi connectivity index (χ4n) is 1.74. The van der Waals surface area contributed by atoms with E-state index in [0.717, 1.165) is 6.54 Å². The minimum Gasteiger partial charge on any atom is -0.507 e. The van der Waals surface area contributed by atoms with Crippen molar-refractivity contribution < 1.29 is 14.6 Å². The van der Waals surface area contributed by atoms with Crippen molar-refractivity contribution >= 4 is 11.6 Å². The average Bonchev–Trinajstić information content (AvgIpc) is 2.32. The lowest BCUT2D eigenvalue weighted by Gasteiger charge is -2.25. The van der Waals surface area contributed by atoms with Crippen LogP contribution in [0.25, 0.3) is 0 Å². The van der Waals surface area contributed by atoms with Gasteiger partial charge in [0.1, 0.15) is 11.5 Å². The fraction of sp³-hybridized carbons (Fsp3) is 0.455. The molecule has 88 valence electrons. The van der Waals surface area contributed by atoms with Crippen LogP contribution in [0.3, 0.4) is 0 Å². The molecule has 1 atom stereocenters. The van der Waals surface area contributed by atoms with Crippen LogP contribution in [0.15, 0.2) is 12.1 Å². The van der Waals surface area contributed by atoms with Gasteiger partial charge in [-0.15, -0.1) is 0 Å². The maximum Gasteiger partial charge on any atom is 0.141 e. The highest BCUT2D eigenvalue weighted by molar-refractivity contribution is 6.32. The molecule has 2 N–H and O–H groups in total. The van der Waals surface area contributed by atoms with E-state index in [2.05, 4.69) is 5.32 Å². The van der Waals surface area contributed by atoms with E-state index >= 15 is 0 Å². The first-order valence-electron chi connectivity index (χ1n) is 5.11. The van der Waals surface area contributed by atoms with Crippen LogP contribution in [-0.4, -0.2) is 31.9 Å². The Morgan fingerprint density at radius 3 is 3.00 bits per heavy atom. The number of aromatic hydroxyl groups is 1. The van der Waals surface area contributed by atoms with E-state index in [1.54, 1.807) is 6.07 Å². The Balaban J connectivity index is 2.29. The number of phenolic OH excluding ortho intramolecular Hbond substituents is 1. The summed E-state index contributed by atoms with van der Waals surface area (Å²) in [6.07, 6.45) is -0.155. The predicted molar refractivity (Wildman–Crippen MR) is 61.2 cm³/mol. The summed E-state index contributed by atoms with van der Waals surface area (Å²) in [5.74, 6) is 0.613. The molecule has 1 saturated heterocycles. The molecule has 0 spiro atoms. The van der Waals surface area contributed by atoms with Gasteiger partial charge in [-0.25, -0.2) is 0 Å². The standard InChI is InChI=1S/C11H14ClNO3/c1-15-10-5-9(14)7(4-8(10)12)11-6-13-2-3-16-11/h4-5,11,13-14H,2-3,6H2,1H3. The summed E-state index contributed by atoms with van der Waals surface area (Å²) in [7, 11) is 1.51. The van der Waals surface area contributed by atoms with Gasteiger partial charge in [-0.2, -0.15) is 0 Å². The van der Waals surface area contributed by atoms with Crippen molar-refractivity contribution in [1.29, 1.82) is 0 Å². The molecule has 2 rings (SSSR count). The first kappa shape index (κ1) is 11.5. The van der Waals surface area contributed by atoms with Crippen LogP contribution in [0, 0.1) is 0 Å². The second kappa shape index (κ2) is 4.91. The smallest absolute Gasteiger partial charge is 0.141 e. The van der Waals surface area contributed by atoms with Gasteiger partial charge in [-0.1, -0.05) is 11.6 Å². The van der Waals surface area contributed by atoms with Crippen LogP contribution < -0.4 is 10.1 Å². The average molecular weight is 244 g/mol. The van der Waals surface area contributed by atoms with Crippen LogP contribution in [0.2, 0.25) is 5.02 Å². The van der Waals surface area contributed by atoms with Crippen LogP contribution in [0.5, 0.6) is 11.5 Å². The van der Waals surface area contributed by atoms with Crippen LogP contribution >= 0.6 is 11.6 Å². The van der Waals surface area contributed by atoms with Gasteiger partial charge in [0.25, 0.3) is 0 Å². The number of hydrogen-bond acceptors (Lipinski definition) is 4. The summed E-state index contributed by atoms with van der Waals surface area (Å²) < 4.78 is 10.6. The first-order valence-corrected chi connectivity index (χ1v) is 5.49. The highest BCUT2D eigenvalue weighted by Crippen LogP contribution is 2.36. The van der Waals surface area contributed by atoms with Gasteiger partial charge in [-0.05, 0) is 6.07 Å². The molecule has 1 unspecified atom stereocenters. The van der Waals surface area contributed by atoms with Gasteiger partial charge in [0, 0.05) is 24.7 Å². The zero-order valence-corrected chi connectivity index (χ0v) is 9.75. The summed E-state index contributed by atoms with van der Waals surface area (Å²) in [5.41, 5.74) is 0.693. The Hall–Kier alpha value is -0.970. The lowest BCUT2D eigenvalue weighted by molar-refractivity contribution is 0.0263. The van der Waals surface area contributed by atoms with Crippen molar-refractivity contribution in [2.75, 3.05) is 26.8 Å². The van der Waals surface area contributed by atoms with Gasteiger partial charge in [0.2, 0.25) is 0 Å².